The molecule has 3 rings (SSSR count). The van der Waals surface area contributed by atoms with Crippen molar-refractivity contribution >= 4 is 27.5 Å². The number of rotatable bonds is 3. The highest BCUT2D eigenvalue weighted by Crippen LogP contribution is 2.27. The molecular formula is C13H12BrN3O2. The van der Waals surface area contributed by atoms with E-state index in [1.165, 1.54) is 6.39 Å². The van der Waals surface area contributed by atoms with E-state index in [0.29, 0.717) is 18.2 Å². The van der Waals surface area contributed by atoms with Gasteiger partial charge in [-0.3, -0.25) is 4.79 Å². The van der Waals surface area contributed by atoms with Crippen molar-refractivity contribution in [3.63, 3.8) is 0 Å². The van der Waals surface area contributed by atoms with Crippen molar-refractivity contribution in [2.45, 2.75) is 6.42 Å². The van der Waals surface area contributed by atoms with Crippen molar-refractivity contribution in [1.82, 2.24) is 10.2 Å². The Labute approximate surface area is 118 Å². The number of nitrogens with zero attached hydrogens (tertiary/aromatic N) is 3. The van der Waals surface area contributed by atoms with E-state index in [1.54, 1.807) is 0 Å². The first-order chi connectivity index (χ1) is 9.28. The first-order valence-electron chi connectivity index (χ1n) is 6.01. The van der Waals surface area contributed by atoms with Crippen LogP contribution in [0.15, 0.2) is 35.1 Å². The minimum atomic E-state index is 0.176. The molecule has 5 nitrogen and oxygen atoms in total. The van der Waals surface area contributed by atoms with Gasteiger partial charge < -0.3 is 9.32 Å². The SMILES string of the molecule is O=C1CC(CBr)CN1c1ccc(-c2nnco2)cc1. The molecule has 0 bridgehead atoms. The molecule has 19 heavy (non-hydrogen) atoms. The molecule has 1 saturated heterocycles. The van der Waals surface area contributed by atoms with Gasteiger partial charge in [0.05, 0.1) is 0 Å². The van der Waals surface area contributed by atoms with Crippen molar-refractivity contribution in [3.05, 3.63) is 30.7 Å². The van der Waals surface area contributed by atoms with E-state index in [-0.39, 0.29) is 5.91 Å². The first kappa shape index (κ1) is 12.3. The summed E-state index contributed by atoms with van der Waals surface area (Å²) >= 11 is 3.43. The lowest BCUT2D eigenvalue weighted by molar-refractivity contribution is -0.117. The van der Waals surface area contributed by atoms with Crippen LogP contribution in [0.1, 0.15) is 6.42 Å². The zero-order valence-electron chi connectivity index (χ0n) is 10.1. The summed E-state index contributed by atoms with van der Waals surface area (Å²) in [4.78, 5) is 13.7. The molecule has 1 amide bonds. The highest BCUT2D eigenvalue weighted by molar-refractivity contribution is 9.09. The number of carbonyl (C=O) groups is 1. The number of alkyl halides is 1. The highest BCUT2D eigenvalue weighted by atomic mass is 79.9. The van der Waals surface area contributed by atoms with Crippen LogP contribution >= 0.6 is 15.9 Å². The molecule has 0 N–H and O–H groups in total. The Morgan fingerprint density at radius 3 is 2.74 bits per heavy atom. The highest BCUT2D eigenvalue weighted by Gasteiger charge is 2.29. The topological polar surface area (TPSA) is 59.2 Å². The van der Waals surface area contributed by atoms with Gasteiger partial charge in [-0.25, -0.2) is 0 Å². The lowest BCUT2D eigenvalue weighted by Gasteiger charge is -2.16. The van der Waals surface area contributed by atoms with Gasteiger partial charge in [-0.05, 0) is 30.2 Å². The predicted octanol–water partition coefficient (Wildman–Crippen LogP) is 2.48. The molecule has 1 aliphatic rings. The number of carbonyl (C=O) groups excluding carboxylic acids is 1. The summed E-state index contributed by atoms with van der Waals surface area (Å²) in [5.41, 5.74) is 1.77. The van der Waals surface area contributed by atoms with E-state index in [1.807, 2.05) is 29.2 Å². The van der Waals surface area contributed by atoms with E-state index in [9.17, 15) is 4.79 Å². The maximum Gasteiger partial charge on any atom is 0.247 e. The maximum absolute atomic E-state index is 11.9. The third-order valence-electron chi connectivity index (χ3n) is 3.21. The molecule has 98 valence electrons. The van der Waals surface area contributed by atoms with Crippen molar-refractivity contribution in [2.75, 3.05) is 16.8 Å². The van der Waals surface area contributed by atoms with E-state index in [0.717, 1.165) is 23.1 Å². The van der Waals surface area contributed by atoms with Crippen molar-refractivity contribution in [3.8, 4) is 11.5 Å². The third-order valence-corrected chi connectivity index (χ3v) is 4.12. The molecule has 1 atom stereocenters. The lowest BCUT2D eigenvalue weighted by Crippen LogP contribution is -2.24. The molecule has 1 aromatic heterocycles. The molecule has 1 fully saturated rings. The number of amides is 1. The smallest absolute Gasteiger partial charge is 0.247 e. The normalized spacial score (nSPS) is 19.1. The van der Waals surface area contributed by atoms with E-state index >= 15 is 0 Å². The molecular weight excluding hydrogens is 310 g/mol. The Bertz CT molecular complexity index is 568. The number of benzene rings is 1. The van der Waals surface area contributed by atoms with Crippen LogP contribution in [0.5, 0.6) is 0 Å². The van der Waals surface area contributed by atoms with Crippen molar-refractivity contribution in [2.24, 2.45) is 5.92 Å². The van der Waals surface area contributed by atoms with Crippen molar-refractivity contribution < 1.29 is 9.21 Å². The van der Waals surface area contributed by atoms with Gasteiger partial charge in [-0.15, -0.1) is 10.2 Å². The van der Waals surface area contributed by atoms with Gasteiger partial charge in [0.1, 0.15) is 0 Å². The second-order valence-corrected chi connectivity index (χ2v) is 5.17. The average Bonchev–Trinajstić information content (AvgIpc) is 3.08. The second kappa shape index (κ2) is 5.13. The Morgan fingerprint density at radius 2 is 2.16 bits per heavy atom. The fourth-order valence-corrected chi connectivity index (χ4v) is 2.65. The van der Waals surface area contributed by atoms with Gasteiger partial charge in [0.2, 0.25) is 18.2 Å². The van der Waals surface area contributed by atoms with E-state index < -0.39 is 0 Å². The summed E-state index contributed by atoms with van der Waals surface area (Å²) in [6.07, 6.45) is 1.91. The van der Waals surface area contributed by atoms with Crippen LogP contribution in [-0.2, 0) is 4.79 Å². The molecule has 0 spiro atoms. The van der Waals surface area contributed by atoms with Crippen molar-refractivity contribution in [1.29, 1.82) is 0 Å². The maximum atomic E-state index is 11.9. The molecule has 0 aliphatic carbocycles. The van der Waals surface area contributed by atoms with Crippen LogP contribution in [0.2, 0.25) is 0 Å². The summed E-state index contributed by atoms with van der Waals surface area (Å²) in [7, 11) is 0. The summed E-state index contributed by atoms with van der Waals surface area (Å²) in [6.45, 7) is 0.768. The molecule has 1 aromatic carbocycles. The molecule has 2 heterocycles. The minimum absolute atomic E-state index is 0.176. The van der Waals surface area contributed by atoms with Gasteiger partial charge in [0, 0.05) is 29.5 Å². The quantitative estimate of drug-likeness (QED) is 0.815. The summed E-state index contributed by atoms with van der Waals surface area (Å²) in [6, 6.07) is 7.59. The first-order valence-corrected chi connectivity index (χ1v) is 7.13. The fourth-order valence-electron chi connectivity index (χ4n) is 2.22. The summed E-state index contributed by atoms with van der Waals surface area (Å²) < 4.78 is 5.13. The Hall–Kier alpha value is -1.69. The molecule has 2 aromatic rings. The zero-order chi connectivity index (χ0) is 13.2. The Balaban J connectivity index is 1.81. The van der Waals surface area contributed by atoms with Gasteiger partial charge >= 0.3 is 0 Å². The van der Waals surface area contributed by atoms with E-state index in [4.69, 9.17) is 4.42 Å². The number of aromatic nitrogens is 2. The van der Waals surface area contributed by atoms with Gasteiger partial charge in [0.15, 0.2) is 0 Å². The fraction of sp³-hybridized carbons (Fsp3) is 0.308. The Kier molecular flexibility index (Phi) is 3.33. The van der Waals surface area contributed by atoms with Crippen LogP contribution in [0.4, 0.5) is 5.69 Å². The third kappa shape index (κ3) is 2.40. The zero-order valence-corrected chi connectivity index (χ0v) is 11.7. The van der Waals surface area contributed by atoms with Crippen LogP contribution in [0.25, 0.3) is 11.5 Å². The largest absolute Gasteiger partial charge is 0.423 e. The summed E-state index contributed by atoms with van der Waals surface area (Å²) in [5, 5.41) is 8.35. The molecule has 0 radical (unpaired) electrons. The summed E-state index contributed by atoms with van der Waals surface area (Å²) in [5.74, 6) is 1.05. The predicted molar refractivity (Wildman–Crippen MR) is 74.0 cm³/mol. The molecule has 1 aliphatic heterocycles. The van der Waals surface area contributed by atoms with E-state index in [2.05, 4.69) is 26.1 Å². The number of hydrogen-bond acceptors (Lipinski definition) is 4. The Morgan fingerprint density at radius 1 is 1.37 bits per heavy atom. The van der Waals surface area contributed by atoms with Gasteiger partial charge in [-0.2, -0.15) is 0 Å². The van der Waals surface area contributed by atoms with Crippen LogP contribution < -0.4 is 4.90 Å². The minimum Gasteiger partial charge on any atom is -0.423 e. The second-order valence-electron chi connectivity index (χ2n) is 4.52. The van der Waals surface area contributed by atoms with Crippen LogP contribution in [-0.4, -0.2) is 28.0 Å². The van der Waals surface area contributed by atoms with Crippen LogP contribution in [0, 0.1) is 5.92 Å². The molecule has 6 heteroatoms. The number of anilines is 1. The van der Waals surface area contributed by atoms with Gasteiger partial charge in [-0.1, -0.05) is 15.9 Å². The number of hydrogen-bond donors (Lipinski definition) is 0. The number of halogens is 1. The molecule has 1 unspecified atom stereocenters. The molecule has 0 saturated carbocycles. The monoisotopic (exact) mass is 321 g/mol. The van der Waals surface area contributed by atoms with Gasteiger partial charge in [0.25, 0.3) is 0 Å². The van der Waals surface area contributed by atoms with Crippen LogP contribution in [0.3, 0.4) is 0 Å². The average molecular weight is 322 g/mol. The lowest BCUT2D eigenvalue weighted by atomic mass is 10.1. The standard InChI is InChI=1S/C13H12BrN3O2/c14-6-9-5-12(18)17(7-9)11-3-1-10(2-4-11)13-16-15-8-19-13/h1-4,8-9H,5-7H2.